The highest BCUT2D eigenvalue weighted by Gasteiger charge is 2.62. The molecule has 9 aromatic carbocycles. The number of para-hydroxylation sites is 1. The Labute approximate surface area is 394 Å². The minimum atomic E-state index is 0.101. The molecule has 322 valence electrons. The first kappa shape index (κ1) is 38.8. The molecule has 0 radical (unpaired) electrons. The van der Waals surface area contributed by atoms with E-state index in [1.165, 1.54) is 105 Å². The van der Waals surface area contributed by atoms with Crippen LogP contribution in [0.3, 0.4) is 0 Å². The Morgan fingerprint density at radius 3 is 1.54 bits per heavy atom. The average molecular weight is 861 g/mol. The van der Waals surface area contributed by atoms with E-state index < -0.39 is 0 Å². The summed E-state index contributed by atoms with van der Waals surface area (Å²) in [5, 5.41) is 0. The zero-order valence-electron chi connectivity index (χ0n) is 37.7. The van der Waals surface area contributed by atoms with Crippen LogP contribution in [0, 0.1) is 23.7 Å². The minimum absolute atomic E-state index is 0.101. The van der Waals surface area contributed by atoms with Gasteiger partial charge in [0.25, 0.3) is 0 Å². The van der Waals surface area contributed by atoms with E-state index in [0.717, 1.165) is 47.2 Å². The van der Waals surface area contributed by atoms with E-state index in [2.05, 4.69) is 228 Å². The lowest BCUT2D eigenvalue weighted by molar-refractivity contribution is -0.0397. The van der Waals surface area contributed by atoms with Crippen LogP contribution in [-0.4, -0.2) is 0 Å². The Morgan fingerprint density at radius 2 is 0.896 bits per heavy atom. The van der Waals surface area contributed by atoms with Crippen LogP contribution in [0.25, 0.3) is 44.5 Å². The van der Waals surface area contributed by atoms with Crippen LogP contribution in [0.1, 0.15) is 54.4 Å². The SMILES string of the molecule is c1ccc(-c2ccc(N(c3ccc(-c4ccccc4)cc3)c3ccc4c(c3)Cc3ccc(-c5cccc6c5C5(c7ccccc7-6)C6CC7CC(C6)CC5C7)cc3N4c3ccccc3)cc2)cc1. The maximum absolute atomic E-state index is 2.54. The summed E-state index contributed by atoms with van der Waals surface area (Å²) in [6.07, 6.45) is 7.85. The van der Waals surface area contributed by atoms with Crippen LogP contribution in [0.15, 0.2) is 218 Å². The molecule has 5 aliphatic carbocycles. The maximum Gasteiger partial charge on any atom is 0.0503 e. The lowest BCUT2D eigenvalue weighted by atomic mass is 9.42. The second-order valence-electron chi connectivity index (χ2n) is 20.1. The highest BCUT2D eigenvalue weighted by molar-refractivity contribution is 5.93. The van der Waals surface area contributed by atoms with Crippen molar-refractivity contribution in [3.63, 3.8) is 0 Å². The van der Waals surface area contributed by atoms with Gasteiger partial charge in [-0.2, -0.15) is 0 Å². The van der Waals surface area contributed by atoms with Crippen molar-refractivity contribution < 1.29 is 0 Å². The Bertz CT molecular complexity index is 3210. The summed E-state index contributed by atoms with van der Waals surface area (Å²) in [7, 11) is 0. The Kier molecular flexibility index (Phi) is 8.88. The fourth-order valence-corrected chi connectivity index (χ4v) is 14.1. The molecule has 1 aliphatic heterocycles. The molecule has 2 heteroatoms. The van der Waals surface area contributed by atoms with Gasteiger partial charge in [-0.3, -0.25) is 0 Å². The van der Waals surface area contributed by atoms with Gasteiger partial charge in [-0.15, -0.1) is 0 Å². The monoisotopic (exact) mass is 860 g/mol. The molecule has 4 saturated carbocycles. The first-order valence-electron chi connectivity index (χ1n) is 24.6. The van der Waals surface area contributed by atoms with Gasteiger partial charge in [0.15, 0.2) is 0 Å². The van der Waals surface area contributed by atoms with Gasteiger partial charge in [-0.25, -0.2) is 0 Å². The highest BCUT2D eigenvalue weighted by Crippen LogP contribution is 2.70. The average Bonchev–Trinajstić information content (AvgIpc) is 3.69. The van der Waals surface area contributed by atoms with Crippen LogP contribution in [0.2, 0.25) is 0 Å². The number of benzene rings is 9. The number of fused-ring (bicyclic) bond motifs is 5. The van der Waals surface area contributed by atoms with Crippen LogP contribution in [0.4, 0.5) is 34.1 Å². The number of rotatable bonds is 7. The van der Waals surface area contributed by atoms with Crippen molar-refractivity contribution in [1.82, 2.24) is 0 Å². The molecule has 9 aromatic rings. The summed E-state index contributed by atoms with van der Waals surface area (Å²) in [5.41, 5.74) is 23.7. The largest absolute Gasteiger partial charge is 0.310 e. The lowest BCUT2D eigenvalue weighted by Gasteiger charge is -2.61. The van der Waals surface area contributed by atoms with Gasteiger partial charge in [0.1, 0.15) is 0 Å². The predicted molar refractivity (Wildman–Crippen MR) is 278 cm³/mol. The third-order valence-electron chi connectivity index (χ3n) is 16.6. The van der Waals surface area contributed by atoms with Gasteiger partial charge >= 0.3 is 0 Å². The number of anilines is 6. The van der Waals surface area contributed by atoms with Crippen molar-refractivity contribution in [1.29, 1.82) is 0 Å². The van der Waals surface area contributed by atoms with E-state index in [4.69, 9.17) is 0 Å². The summed E-state index contributed by atoms with van der Waals surface area (Å²) in [5.74, 6) is 3.25. The molecule has 6 aliphatic rings. The van der Waals surface area contributed by atoms with Crippen molar-refractivity contribution in [3.05, 3.63) is 241 Å². The molecule has 0 aromatic heterocycles. The van der Waals surface area contributed by atoms with Crippen molar-refractivity contribution in [2.45, 2.75) is 43.9 Å². The van der Waals surface area contributed by atoms with E-state index in [1.807, 2.05) is 0 Å². The molecule has 15 rings (SSSR count). The summed E-state index contributed by atoms with van der Waals surface area (Å²) in [6, 6.07) is 81.8. The van der Waals surface area contributed by atoms with Gasteiger partial charge in [0.2, 0.25) is 0 Å². The second-order valence-corrected chi connectivity index (χ2v) is 20.1. The number of hydrogen-bond acceptors (Lipinski definition) is 2. The molecule has 4 fully saturated rings. The summed E-state index contributed by atoms with van der Waals surface area (Å²) < 4.78 is 0. The minimum Gasteiger partial charge on any atom is -0.310 e. The highest BCUT2D eigenvalue weighted by atomic mass is 15.2. The molecule has 0 unspecified atom stereocenters. The quantitative estimate of drug-likeness (QED) is 0.158. The zero-order valence-corrected chi connectivity index (χ0v) is 37.7. The standard InChI is InChI=1S/C65H52N2/c1-4-13-45(14-5-1)47-25-29-55(30-26-47)66(56-31-27-48(28-32-56)46-15-6-2-7-16-46)57-33-34-62-51(41-57)40-50-24-23-49(42-63(50)67(62)54-17-8-3-9-18-54)58-20-12-21-60-59-19-10-11-22-61(59)65(64(58)60)52-36-43-35-44(38-52)39-53(65)37-43/h1-34,41-44,52-53H,35-40H2. The molecule has 0 atom stereocenters. The molecular weight excluding hydrogens is 809 g/mol. The summed E-state index contributed by atoms with van der Waals surface area (Å²) >= 11 is 0. The fraction of sp³-hybridized carbons (Fsp3) is 0.169. The lowest BCUT2D eigenvalue weighted by Crippen LogP contribution is -2.55. The maximum atomic E-state index is 2.54. The first-order valence-corrected chi connectivity index (χ1v) is 24.6. The van der Waals surface area contributed by atoms with Crippen molar-refractivity contribution in [2.24, 2.45) is 23.7 Å². The van der Waals surface area contributed by atoms with Crippen molar-refractivity contribution in [3.8, 4) is 44.5 Å². The van der Waals surface area contributed by atoms with Crippen molar-refractivity contribution in [2.75, 3.05) is 9.80 Å². The Balaban J connectivity index is 0.886. The van der Waals surface area contributed by atoms with Crippen LogP contribution in [0.5, 0.6) is 0 Å². The van der Waals surface area contributed by atoms with Gasteiger partial charge in [-0.05, 0) is 183 Å². The molecule has 4 bridgehead atoms. The molecule has 0 N–H and O–H groups in total. The molecule has 2 nitrogen and oxygen atoms in total. The van der Waals surface area contributed by atoms with Crippen molar-refractivity contribution >= 4 is 34.1 Å². The third kappa shape index (κ3) is 6.08. The fourth-order valence-electron chi connectivity index (χ4n) is 14.1. The van der Waals surface area contributed by atoms with Gasteiger partial charge in [-0.1, -0.05) is 158 Å². The van der Waals surface area contributed by atoms with E-state index in [1.54, 1.807) is 11.1 Å². The van der Waals surface area contributed by atoms with E-state index in [9.17, 15) is 0 Å². The van der Waals surface area contributed by atoms with E-state index in [-0.39, 0.29) is 5.41 Å². The van der Waals surface area contributed by atoms with Crippen LogP contribution >= 0.6 is 0 Å². The van der Waals surface area contributed by atoms with Gasteiger partial charge in [0, 0.05) is 40.3 Å². The topological polar surface area (TPSA) is 6.48 Å². The smallest absolute Gasteiger partial charge is 0.0503 e. The van der Waals surface area contributed by atoms with E-state index in [0.29, 0.717) is 0 Å². The second kappa shape index (κ2) is 15.3. The number of hydrogen-bond donors (Lipinski definition) is 0. The molecule has 67 heavy (non-hydrogen) atoms. The van der Waals surface area contributed by atoms with Gasteiger partial charge in [0.05, 0.1) is 5.69 Å². The summed E-state index contributed by atoms with van der Waals surface area (Å²) in [4.78, 5) is 4.95. The van der Waals surface area contributed by atoms with Crippen LogP contribution < -0.4 is 9.80 Å². The zero-order chi connectivity index (χ0) is 44.1. The molecule has 1 heterocycles. The molecule has 1 spiro atoms. The third-order valence-corrected chi connectivity index (χ3v) is 16.6. The Hall–Kier alpha value is -7.42. The first-order chi connectivity index (χ1) is 33.2. The molecular formula is C65H52N2. The normalized spacial score (nSPS) is 21.4. The van der Waals surface area contributed by atoms with Gasteiger partial charge < -0.3 is 9.80 Å². The Morgan fingerprint density at radius 1 is 0.373 bits per heavy atom. The molecule has 0 amide bonds. The predicted octanol–water partition coefficient (Wildman–Crippen LogP) is 17.3. The molecule has 0 saturated heterocycles. The summed E-state index contributed by atoms with van der Waals surface area (Å²) in [6.45, 7) is 0. The van der Waals surface area contributed by atoms with E-state index >= 15 is 0 Å². The number of nitrogens with zero attached hydrogens (tertiary/aromatic N) is 2. The van der Waals surface area contributed by atoms with Crippen LogP contribution in [-0.2, 0) is 11.8 Å².